The van der Waals surface area contributed by atoms with Gasteiger partial charge in [-0.3, -0.25) is 9.59 Å². The van der Waals surface area contributed by atoms with E-state index in [1.54, 1.807) is 0 Å². The van der Waals surface area contributed by atoms with Crippen LogP contribution >= 0.6 is 0 Å². The maximum absolute atomic E-state index is 17.0. The summed E-state index contributed by atoms with van der Waals surface area (Å²) in [6.07, 6.45) is -0.508. The van der Waals surface area contributed by atoms with Gasteiger partial charge in [0, 0.05) is 28.7 Å². The minimum absolute atomic E-state index is 0.0162. The minimum Gasteiger partial charge on any atom is -0.461 e. The van der Waals surface area contributed by atoms with Crippen molar-refractivity contribution in [2.75, 3.05) is 0 Å². The van der Waals surface area contributed by atoms with Crippen LogP contribution in [0.15, 0.2) is 23.6 Å². The van der Waals surface area contributed by atoms with E-state index in [-0.39, 0.29) is 37.1 Å². The van der Waals surface area contributed by atoms with Crippen molar-refractivity contribution in [2.24, 2.45) is 28.6 Å². The summed E-state index contributed by atoms with van der Waals surface area (Å²) in [7, 11) is 0. The molecule has 0 unspecified atom stereocenters. The molecular formula is C24H31F3O4. The Hall–Kier alpha value is -1.63. The number of aliphatic hydroxyl groups is 1. The predicted octanol–water partition coefficient (Wildman–Crippen LogP) is 4.56. The average Bonchev–Trinajstić information content (AvgIpc) is 2.92. The Labute approximate surface area is 180 Å². The highest BCUT2D eigenvalue weighted by molar-refractivity contribution is 6.04. The van der Waals surface area contributed by atoms with Gasteiger partial charge >= 0.3 is 5.97 Å². The average molecular weight is 441 g/mol. The van der Waals surface area contributed by atoms with Crippen LogP contribution in [-0.2, 0) is 14.3 Å². The molecular weight excluding hydrogens is 409 g/mol. The number of carbonyl (C=O) groups is 2. The lowest BCUT2D eigenvalue weighted by molar-refractivity contribution is -0.212. The summed E-state index contributed by atoms with van der Waals surface area (Å²) in [5, 5.41) is 11.2. The van der Waals surface area contributed by atoms with Crippen LogP contribution in [0.3, 0.4) is 0 Å². The summed E-state index contributed by atoms with van der Waals surface area (Å²) in [6, 6.07) is 0. The molecule has 4 aliphatic carbocycles. The van der Waals surface area contributed by atoms with Crippen LogP contribution in [0.2, 0.25) is 0 Å². The molecule has 0 aromatic rings. The van der Waals surface area contributed by atoms with Crippen LogP contribution < -0.4 is 0 Å². The van der Waals surface area contributed by atoms with Gasteiger partial charge in [-0.2, -0.15) is 0 Å². The zero-order valence-corrected chi connectivity index (χ0v) is 18.5. The van der Waals surface area contributed by atoms with Crippen molar-refractivity contribution in [2.45, 2.75) is 83.8 Å². The van der Waals surface area contributed by atoms with Crippen LogP contribution in [0.4, 0.5) is 13.2 Å². The third-order valence-electron chi connectivity index (χ3n) is 8.65. The van der Waals surface area contributed by atoms with Gasteiger partial charge in [-0.25, -0.2) is 13.2 Å². The van der Waals surface area contributed by atoms with E-state index < -0.39 is 58.0 Å². The molecule has 172 valence electrons. The lowest BCUT2D eigenvalue weighted by Gasteiger charge is -2.62. The molecule has 0 aromatic carbocycles. The monoisotopic (exact) mass is 440 g/mol. The van der Waals surface area contributed by atoms with E-state index in [9.17, 15) is 19.1 Å². The highest BCUT2D eigenvalue weighted by Gasteiger charge is 2.73. The maximum Gasteiger partial charge on any atom is 0.306 e. The first-order valence-electron chi connectivity index (χ1n) is 11.3. The molecule has 0 bridgehead atoms. The smallest absolute Gasteiger partial charge is 0.306 e. The lowest BCUT2D eigenvalue weighted by atomic mass is 9.45. The Morgan fingerprint density at radius 3 is 2.61 bits per heavy atom. The second-order valence-electron chi connectivity index (χ2n) is 10.4. The summed E-state index contributed by atoms with van der Waals surface area (Å²) in [5.41, 5.74) is -5.29. The van der Waals surface area contributed by atoms with Crippen LogP contribution in [0, 0.1) is 28.6 Å². The predicted molar refractivity (Wildman–Crippen MR) is 108 cm³/mol. The third-order valence-corrected chi connectivity index (χ3v) is 8.65. The van der Waals surface area contributed by atoms with E-state index in [1.165, 1.54) is 13.0 Å². The Morgan fingerprint density at radius 2 is 1.97 bits per heavy atom. The normalized spacial score (nSPS) is 48.8. The molecule has 0 spiro atoms. The highest BCUT2D eigenvalue weighted by Crippen LogP contribution is 2.69. The molecule has 4 rings (SSSR count). The molecule has 0 aromatic heterocycles. The largest absolute Gasteiger partial charge is 0.461 e. The number of alkyl halides is 2. The van der Waals surface area contributed by atoms with E-state index in [2.05, 4.69) is 0 Å². The van der Waals surface area contributed by atoms with E-state index in [4.69, 9.17) is 4.74 Å². The molecule has 1 N–H and O–H groups in total. The van der Waals surface area contributed by atoms with E-state index in [0.29, 0.717) is 12.8 Å². The summed E-state index contributed by atoms with van der Waals surface area (Å²) < 4.78 is 52.8. The first-order valence-corrected chi connectivity index (χ1v) is 11.3. The van der Waals surface area contributed by atoms with Gasteiger partial charge in [-0.15, -0.1) is 0 Å². The summed E-state index contributed by atoms with van der Waals surface area (Å²) in [4.78, 5) is 24.1. The van der Waals surface area contributed by atoms with Gasteiger partial charge in [-0.1, -0.05) is 26.8 Å². The molecule has 7 heteroatoms. The fraction of sp³-hybridized carbons (Fsp3) is 0.750. The number of allylic oxidation sites excluding steroid dienone is 4. The summed E-state index contributed by atoms with van der Waals surface area (Å²) >= 11 is 0. The van der Waals surface area contributed by atoms with Crippen LogP contribution in [0.1, 0.15) is 59.8 Å². The summed E-state index contributed by atoms with van der Waals surface area (Å²) in [5.74, 6) is -3.86. The zero-order chi connectivity index (χ0) is 22.9. The first-order chi connectivity index (χ1) is 14.4. The number of fused-ring (bicyclic) bond motifs is 5. The molecule has 3 fully saturated rings. The van der Waals surface area contributed by atoms with Gasteiger partial charge in [0.1, 0.15) is 12.3 Å². The van der Waals surface area contributed by atoms with Gasteiger partial charge in [0.15, 0.2) is 11.5 Å². The van der Waals surface area contributed by atoms with E-state index >= 15 is 8.78 Å². The number of carbonyl (C=O) groups excluding carboxylic acids is 2. The fourth-order valence-corrected chi connectivity index (χ4v) is 7.28. The standard InChI is InChI=1S/C24H31F3O4/c1-5-6-18(30)31-21-12(2)9-13-14-10-15(25)19-20(26)16(28)7-8-23(19,4)24(14,27)17(29)11-22(13,21)3/h7-8,12-15,17,21,29H,5-6,9-11H2,1-4H3/t12-,13+,14+,15+,17+,21-,22+,23+,24+/m1/s1. The number of ether oxygens (including phenoxy) is 1. The first kappa shape index (κ1) is 22.6. The molecule has 4 aliphatic rings. The minimum atomic E-state index is -2.33. The topological polar surface area (TPSA) is 63.6 Å². The molecule has 0 saturated heterocycles. The van der Waals surface area contributed by atoms with Crippen molar-refractivity contribution in [3.63, 3.8) is 0 Å². The molecule has 0 radical (unpaired) electrons. The second kappa shape index (κ2) is 7.19. The molecule has 0 aliphatic heterocycles. The molecule has 31 heavy (non-hydrogen) atoms. The highest BCUT2D eigenvalue weighted by atomic mass is 19.2. The second-order valence-corrected chi connectivity index (χ2v) is 10.4. The molecule has 3 saturated carbocycles. The van der Waals surface area contributed by atoms with Crippen LogP contribution in [0.25, 0.3) is 0 Å². The van der Waals surface area contributed by atoms with Gasteiger partial charge in [-0.05, 0) is 50.5 Å². The molecule has 9 atom stereocenters. The molecule has 4 nitrogen and oxygen atoms in total. The Kier molecular flexibility index (Phi) is 5.23. The van der Waals surface area contributed by atoms with E-state index in [1.807, 2.05) is 20.8 Å². The van der Waals surface area contributed by atoms with Crippen LogP contribution in [-0.4, -0.2) is 40.9 Å². The zero-order valence-electron chi connectivity index (χ0n) is 18.5. The SMILES string of the molecule is CCCC(=O)O[C@@H]1[C@H](C)C[C@H]2[C@@H]3C[C@H](F)C4=C(F)C(=O)C=C[C@]4(C)[C@@]3(F)[C@@H](O)C[C@]12C. The maximum atomic E-state index is 17.0. The number of aliphatic hydroxyl groups excluding tert-OH is 1. The van der Waals surface area contributed by atoms with Gasteiger partial charge < -0.3 is 9.84 Å². The Bertz CT molecular complexity index is 869. The number of hydrogen-bond donors (Lipinski definition) is 1. The van der Waals surface area contributed by atoms with Crippen molar-refractivity contribution in [3.05, 3.63) is 23.6 Å². The van der Waals surface area contributed by atoms with Crippen molar-refractivity contribution in [3.8, 4) is 0 Å². The Balaban J connectivity index is 1.77. The number of ketones is 1. The van der Waals surface area contributed by atoms with Crippen molar-refractivity contribution in [1.29, 1.82) is 0 Å². The quantitative estimate of drug-likeness (QED) is 0.654. The lowest BCUT2D eigenvalue weighted by Crippen LogP contribution is -2.68. The molecule has 0 heterocycles. The molecule has 0 amide bonds. The van der Waals surface area contributed by atoms with Crippen molar-refractivity contribution in [1.82, 2.24) is 0 Å². The summed E-state index contributed by atoms with van der Waals surface area (Å²) in [6.45, 7) is 7.08. The van der Waals surface area contributed by atoms with Gasteiger partial charge in [0.2, 0.25) is 5.78 Å². The van der Waals surface area contributed by atoms with Crippen molar-refractivity contribution < 1.29 is 32.6 Å². The number of rotatable bonds is 3. The van der Waals surface area contributed by atoms with Gasteiger partial charge in [0.05, 0.1) is 6.10 Å². The fourth-order valence-electron chi connectivity index (χ4n) is 7.28. The van der Waals surface area contributed by atoms with E-state index in [0.717, 1.165) is 6.08 Å². The van der Waals surface area contributed by atoms with Crippen molar-refractivity contribution >= 4 is 11.8 Å². The number of esters is 1. The number of halogens is 3. The third kappa shape index (κ3) is 2.84. The Morgan fingerprint density at radius 1 is 1.29 bits per heavy atom. The number of hydrogen-bond acceptors (Lipinski definition) is 4. The van der Waals surface area contributed by atoms with Crippen LogP contribution in [0.5, 0.6) is 0 Å². The van der Waals surface area contributed by atoms with Gasteiger partial charge in [0.25, 0.3) is 0 Å².